The van der Waals surface area contributed by atoms with Crippen molar-refractivity contribution in [3.05, 3.63) is 28.2 Å². The largest absolute Gasteiger partial charge is 0.342 e. The zero-order valence-electron chi connectivity index (χ0n) is 6.99. The van der Waals surface area contributed by atoms with E-state index in [2.05, 4.69) is 0 Å². The first-order valence-corrected chi connectivity index (χ1v) is 5.64. The average Bonchev–Trinajstić information content (AvgIpc) is 2.10. The molecule has 0 aliphatic carbocycles. The van der Waals surface area contributed by atoms with E-state index in [9.17, 15) is 13.2 Å². The number of alkyl halides is 4. The summed E-state index contributed by atoms with van der Waals surface area (Å²) in [6, 6.07) is 3.89. The van der Waals surface area contributed by atoms with Gasteiger partial charge in [-0.25, -0.2) is 4.39 Å². The normalized spacial score (nSPS) is 14.0. The molecular weight excluding hydrogens is 292 g/mol. The third-order valence-corrected chi connectivity index (χ3v) is 3.51. The van der Waals surface area contributed by atoms with Crippen LogP contribution in [0.25, 0.3) is 0 Å². The minimum Gasteiger partial charge on any atom is -0.222 e. The Morgan fingerprint density at radius 1 is 1.20 bits per heavy atom. The van der Waals surface area contributed by atoms with Crippen LogP contribution in [0, 0.1) is 0 Å². The number of thioether (sulfide) groups is 1. The lowest BCUT2D eigenvalue weighted by atomic mass is 10.4. The van der Waals surface area contributed by atoms with Gasteiger partial charge in [0.25, 0.3) is 0 Å². The minimum atomic E-state index is -3.70. The minimum absolute atomic E-state index is 0.00651. The van der Waals surface area contributed by atoms with Crippen molar-refractivity contribution in [3.8, 4) is 0 Å². The number of benzene rings is 1. The Morgan fingerprint density at radius 2 is 1.80 bits per heavy atom. The van der Waals surface area contributed by atoms with Gasteiger partial charge in [0.2, 0.25) is 5.63 Å². The summed E-state index contributed by atoms with van der Waals surface area (Å²) in [6.45, 7) is 0. The molecule has 7 heteroatoms. The first-order chi connectivity index (χ1) is 6.83. The maximum Gasteiger partial charge on any atom is 0.342 e. The molecular formula is C8H4Cl3F3S. The molecule has 0 nitrogen and oxygen atoms in total. The van der Waals surface area contributed by atoms with E-state index in [0.717, 1.165) is 0 Å². The highest BCUT2D eigenvalue weighted by molar-refractivity contribution is 8.00. The molecule has 1 rings (SSSR count). The maximum atomic E-state index is 12.8. The van der Waals surface area contributed by atoms with E-state index in [-0.39, 0.29) is 26.7 Å². The smallest absolute Gasteiger partial charge is 0.222 e. The van der Waals surface area contributed by atoms with Crippen LogP contribution in [-0.2, 0) is 0 Å². The number of halogens is 6. The highest BCUT2D eigenvalue weighted by Crippen LogP contribution is 2.42. The third-order valence-electron chi connectivity index (χ3n) is 1.40. The molecule has 84 valence electrons. The van der Waals surface area contributed by atoms with Crippen LogP contribution < -0.4 is 0 Å². The number of hydrogen-bond acceptors (Lipinski definition) is 1. The second-order valence-corrected chi connectivity index (χ2v) is 4.96. The van der Waals surface area contributed by atoms with E-state index in [0.29, 0.717) is 0 Å². The van der Waals surface area contributed by atoms with Crippen LogP contribution >= 0.6 is 46.6 Å². The molecule has 15 heavy (non-hydrogen) atoms. The average molecular weight is 296 g/mol. The quantitative estimate of drug-likeness (QED) is 0.544. The van der Waals surface area contributed by atoms with Gasteiger partial charge in [-0.3, -0.25) is 0 Å². The maximum absolute atomic E-state index is 12.8. The predicted octanol–water partition coefficient (Wildman–Crippen LogP) is 5.21. The van der Waals surface area contributed by atoms with E-state index in [1.165, 1.54) is 18.2 Å². The fourth-order valence-electron chi connectivity index (χ4n) is 0.742. The Hall–Kier alpha value is 0.230. The van der Waals surface area contributed by atoms with Gasteiger partial charge in [-0.05, 0) is 30.0 Å². The van der Waals surface area contributed by atoms with Crippen LogP contribution in [0.5, 0.6) is 0 Å². The molecule has 0 fully saturated rings. The monoisotopic (exact) mass is 294 g/mol. The zero-order valence-corrected chi connectivity index (χ0v) is 10.1. The van der Waals surface area contributed by atoms with Crippen molar-refractivity contribution in [2.75, 3.05) is 0 Å². The third kappa shape index (κ3) is 3.63. The van der Waals surface area contributed by atoms with Gasteiger partial charge in [0.1, 0.15) is 0 Å². The fourth-order valence-corrected chi connectivity index (χ4v) is 1.95. The molecule has 1 unspecified atom stereocenters. The topological polar surface area (TPSA) is 0 Å². The lowest BCUT2D eigenvalue weighted by Crippen LogP contribution is -2.20. The van der Waals surface area contributed by atoms with Crippen LogP contribution in [0.3, 0.4) is 0 Å². The Kier molecular flexibility index (Phi) is 4.47. The molecule has 0 N–H and O–H groups in total. The fraction of sp³-hybridized carbons (Fsp3) is 0.250. The van der Waals surface area contributed by atoms with Gasteiger partial charge in [-0.15, -0.1) is 0 Å². The van der Waals surface area contributed by atoms with Crippen molar-refractivity contribution in [1.82, 2.24) is 0 Å². The van der Waals surface area contributed by atoms with Gasteiger partial charge in [-0.1, -0.05) is 34.8 Å². The van der Waals surface area contributed by atoms with Gasteiger partial charge in [0.05, 0.1) is 10.0 Å². The summed E-state index contributed by atoms with van der Waals surface area (Å²) >= 11 is 15.9. The lowest BCUT2D eigenvalue weighted by molar-refractivity contribution is 0.0537. The summed E-state index contributed by atoms with van der Waals surface area (Å²) in [5, 5.41) is -3.33. The van der Waals surface area contributed by atoms with Crippen LogP contribution in [0.4, 0.5) is 13.2 Å². The van der Waals surface area contributed by atoms with Crippen LogP contribution in [0.2, 0.25) is 10.0 Å². The standard InChI is InChI=1S/C8H4Cl3F3S/c9-5-2-1-4(3-6(5)10)15-8(13,14)7(11)12/h1-3,7H. The molecule has 0 spiro atoms. The molecule has 0 saturated carbocycles. The van der Waals surface area contributed by atoms with Crippen LogP contribution in [0.15, 0.2) is 23.1 Å². The summed E-state index contributed by atoms with van der Waals surface area (Å²) in [5.41, 5.74) is -2.75. The SMILES string of the molecule is FC(Cl)C(F)(F)Sc1ccc(Cl)c(Cl)c1. The zero-order chi connectivity index (χ0) is 11.6. The van der Waals surface area contributed by atoms with Crippen molar-refractivity contribution < 1.29 is 13.2 Å². The summed E-state index contributed by atoms with van der Waals surface area (Å²) in [6.07, 6.45) is 0. The van der Waals surface area contributed by atoms with Gasteiger partial charge >= 0.3 is 5.25 Å². The summed E-state index contributed by atoms with van der Waals surface area (Å²) in [4.78, 5) is 0.0951. The second-order valence-electron chi connectivity index (χ2n) is 2.54. The summed E-state index contributed by atoms with van der Waals surface area (Å²) in [7, 11) is 0. The molecule has 1 aromatic rings. The molecule has 0 heterocycles. The van der Waals surface area contributed by atoms with Crippen molar-refractivity contribution >= 4 is 46.6 Å². The van der Waals surface area contributed by atoms with E-state index >= 15 is 0 Å². The molecule has 1 aromatic carbocycles. The summed E-state index contributed by atoms with van der Waals surface area (Å²) in [5.74, 6) is 0. The van der Waals surface area contributed by atoms with E-state index < -0.39 is 10.9 Å². The van der Waals surface area contributed by atoms with E-state index in [1.807, 2.05) is 0 Å². The number of hydrogen-bond donors (Lipinski definition) is 0. The lowest BCUT2D eigenvalue weighted by Gasteiger charge is -2.15. The van der Waals surface area contributed by atoms with Gasteiger partial charge in [0, 0.05) is 4.90 Å². The highest BCUT2D eigenvalue weighted by Gasteiger charge is 2.40. The van der Waals surface area contributed by atoms with E-state index in [1.54, 1.807) is 0 Å². The second kappa shape index (κ2) is 5.04. The van der Waals surface area contributed by atoms with Gasteiger partial charge in [0.15, 0.2) is 0 Å². The molecule has 1 atom stereocenters. The molecule has 0 saturated heterocycles. The highest BCUT2D eigenvalue weighted by atomic mass is 35.5. The van der Waals surface area contributed by atoms with Gasteiger partial charge in [-0.2, -0.15) is 8.78 Å². The molecule has 0 aliphatic rings. The van der Waals surface area contributed by atoms with Crippen molar-refractivity contribution in [1.29, 1.82) is 0 Å². The van der Waals surface area contributed by atoms with Crippen LogP contribution in [0.1, 0.15) is 0 Å². The Labute approximate surface area is 104 Å². The van der Waals surface area contributed by atoms with Crippen molar-refractivity contribution in [2.45, 2.75) is 15.8 Å². The molecule has 0 radical (unpaired) electrons. The summed E-state index contributed by atoms with van der Waals surface area (Å²) < 4.78 is 38.0. The Bertz CT molecular complexity index is 357. The molecule has 0 bridgehead atoms. The first-order valence-electron chi connectivity index (χ1n) is 3.63. The van der Waals surface area contributed by atoms with E-state index in [4.69, 9.17) is 34.8 Å². The Balaban J connectivity index is 2.86. The molecule has 0 aliphatic heterocycles. The number of rotatable bonds is 3. The Morgan fingerprint density at radius 3 is 2.27 bits per heavy atom. The first kappa shape index (κ1) is 13.3. The molecule has 0 aromatic heterocycles. The van der Waals surface area contributed by atoms with Gasteiger partial charge < -0.3 is 0 Å². The predicted molar refractivity (Wildman–Crippen MR) is 58.0 cm³/mol. The van der Waals surface area contributed by atoms with Crippen molar-refractivity contribution in [3.63, 3.8) is 0 Å². The molecule has 0 amide bonds. The van der Waals surface area contributed by atoms with Crippen LogP contribution in [-0.4, -0.2) is 10.9 Å². The van der Waals surface area contributed by atoms with Crippen molar-refractivity contribution in [2.24, 2.45) is 0 Å².